The zero-order chi connectivity index (χ0) is 12.1. The summed E-state index contributed by atoms with van der Waals surface area (Å²) in [5.41, 5.74) is 1.04. The molecule has 1 saturated heterocycles. The quantitative estimate of drug-likeness (QED) is 0.788. The number of nitrogens with zero attached hydrogens (tertiary/aromatic N) is 1. The Morgan fingerprint density at radius 1 is 1.59 bits per heavy atom. The second-order valence-electron chi connectivity index (χ2n) is 4.07. The van der Waals surface area contributed by atoms with Crippen molar-refractivity contribution in [3.63, 3.8) is 0 Å². The van der Waals surface area contributed by atoms with Crippen LogP contribution in [0.2, 0.25) is 0 Å². The maximum absolute atomic E-state index is 11.9. The molecule has 2 rings (SSSR count). The van der Waals surface area contributed by atoms with Crippen LogP contribution in [0.5, 0.6) is 0 Å². The van der Waals surface area contributed by atoms with Gasteiger partial charge in [-0.05, 0) is 24.6 Å². The highest BCUT2D eigenvalue weighted by Crippen LogP contribution is 2.10. The molecule has 2 atom stereocenters. The van der Waals surface area contributed by atoms with Crippen molar-refractivity contribution in [1.29, 1.82) is 0 Å². The second kappa shape index (κ2) is 5.75. The molecule has 0 aromatic carbocycles. The van der Waals surface area contributed by atoms with Gasteiger partial charge >= 0.3 is 0 Å². The van der Waals surface area contributed by atoms with Crippen LogP contribution >= 0.6 is 0 Å². The number of hydrogen-bond donors (Lipinski definition) is 2. The molecule has 0 saturated carbocycles. The lowest BCUT2D eigenvalue weighted by Gasteiger charge is -2.24. The molecule has 1 aromatic heterocycles. The normalized spacial score (nSPS) is 21.8. The van der Waals surface area contributed by atoms with Crippen LogP contribution in [-0.2, 0) is 9.53 Å². The predicted molar refractivity (Wildman–Crippen MR) is 63.4 cm³/mol. The van der Waals surface area contributed by atoms with Crippen LogP contribution in [0.15, 0.2) is 24.5 Å². The van der Waals surface area contributed by atoms with Gasteiger partial charge in [0.2, 0.25) is 0 Å². The molecule has 0 aliphatic carbocycles. The van der Waals surface area contributed by atoms with Gasteiger partial charge in [-0.25, -0.2) is 0 Å². The van der Waals surface area contributed by atoms with Gasteiger partial charge < -0.3 is 15.4 Å². The number of carbonyl (C=O) groups excluding carboxylic acids is 1. The third-order valence-corrected chi connectivity index (χ3v) is 2.78. The summed E-state index contributed by atoms with van der Waals surface area (Å²) < 4.78 is 5.39. The monoisotopic (exact) mass is 235 g/mol. The van der Waals surface area contributed by atoms with Crippen molar-refractivity contribution >= 4 is 5.91 Å². The van der Waals surface area contributed by atoms with E-state index in [2.05, 4.69) is 15.6 Å². The topological polar surface area (TPSA) is 63.2 Å². The average Bonchev–Trinajstić information content (AvgIpc) is 2.40. The second-order valence-corrected chi connectivity index (χ2v) is 4.07. The standard InChI is InChI=1S/C12H17N3O2/c1-9(10-2-4-13-5-3-10)15-12(16)11-8-14-6-7-17-11/h2-5,9,11,14H,6-8H2,1H3,(H,15,16)/t9-,11?/m0/s1. The molecule has 0 bridgehead atoms. The number of hydrogen-bond acceptors (Lipinski definition) is 4. The smallest absolute Gasteiger partial charge is 0.250 e. The fourth-order valence-corrected chi connectivity index (χ4v) is 1.78. The summed E-state index contributed by atoms with van der Waals surface area (Å²) in [6.45, 7) is 3.92. The Kier molecular flexibility index (Phi) is 4.06. The van der Waals surface area contributed by atoms with E-state index in [1.165, 1.54) is 0 Å². The third-order valence-electron chi connectivity index (χ3n) is 2.78. The van der Waals surface area contributed by atoms with Gasteiger partial charge in [0.05, 0.1) is 12.6 Å². The number of aromatic nitrogens is 1. The Balaban J connectivity index is 1.89. The van der Waals surface area contributed by atoms with Gasteiger partial charge in [0, 0.05) is 25.5 Å². The van der Waals surface area contributed by atoms with Gasteiger partial charge in [-0.15, -0.1) is 0 Å². The molecule has 1 aromatic rings. The molecular weight excluding hydrogens is 218 g/mol. The van der Waals surface area contributed by atoms with Crippen LogP contribution in [0.25, 0.3) is 0 Å². The SMILES string of the molecule is C[C@H](NC(=O)C1CNCCO1)c1ccncc1. The summed E-state index contributed by atoms with van der Waals surface area (Å²) in [7, 11) is 0. The predicted octanol–water partition coefficient (Wildman–Crippen LogP) is 0.247. The molecule has 5 heteroatoms. The summed E-state index contributed by atoms with van der Waals surface area (Å²) in [5.74, 6) is -0.0680. The van der Waals surface area contributed by atoms with Crippen LogP contribution in [0.1, 0.15) is 18.5 Å². The molecule has 2 N–H and O–H groups in total. The molecule has 1 aliphatic rings. The van der Waals surface area contributed by atoms with Crippen LogP contribution in [-0.4, -0.2) is 36.7 Å². The van der Waals surface area contributed by atoms with E-state index >= 15 is 0 Å². The van der Waals surface area contributed by atoms with Gasteiger partial charge in [-0.1, -0.05) is 0 Å². The highest BCUT2D eigenvalue weighted by Gasteiger charge is 2.23. The molecular formula is C12H17N3O2. The fraction of sp³-hybridized carbons (Fsp3) is 0.500. The van der Waals surface area contributed by atoms with Gasteiger partial charge in [-0.3, -0.25) is 9.78 Å². The first kappa shape index (κ1) is 12.0. The van der Waals surface area contributed by atoms with Crippen LogP contribution in [0.4, 0.5) is 0 Å². The molecule has 17 heavy (non-hydrogen) atoms. The van der Waals surface area contributed by atoms with E-state index in [1.54, 1.807) is 12.4 Å². The lowest BCUT2D eigenvalue weighted by Crippen LogP contribution is -2.48. The highest BCUT2D eigenvalue weighted by molar-refractivity contribution is 5.81. The Hall–Kier alpha value is -1.46. The minimum atomic E-state index is -0.381. The molecule has 1 unspecified atom stereocenters. The van der Waals surface area contributed by atoms with Gasteiger partial charge in [0.25, 0.3) is 5.91 Å². The number of carbonyl (C=O) groups is 1. The summed E-state index contributed by atoms with van der Waals surface area (Å²) in [6, 6.07) is 3.76. The van der Waals surface area contributed by atoms with E-state index in [0.29, 0.717) is 13.2 Å². The summed E-state index contributed by atoms with van der Waals surface area (Å²) >= 11 is 0. The van der Waals surface area contributed by atoms with Crippen molar-refractivity contribution in [3.05, 3.63) is 30.1 Å². The minimum absolute atomic E-state index is 0.0315. The third kappa shape index (κ3) is 3.25. The van der Waals surface area contributed by atoms with Crippen molar-refractivity contribution in [1.82, 2.24) is 15.6 Å². The maximum Gasteiger partial charge on any atom is 0.250 e. The van der Waals surface area contributed by atoms with E-state index in [-0.39, 0.29) is 18.1 Å². The van der Waals surface area contributed by atoms with Crippen molar-refractivity contribution in [2.24, 2.45) is 0 Å². The summed E-state index contributed by atoms with van der Waals surface area (Å²) in [5, 5.41) is 6.07. The van der Waals surface area contributed by atoms with Crippen molar-refractivity contribution in [3.8, 4) is 0 Å². The summed E-state index contributed by atoms with van der Waals surface area (Å²) in [4.78, 5) is 15.8. The first-order valence-electron chi connectivity index (χ1n) is 5.80. The lowest BCUT2D eigenvalue weighted by atomic mass is 10.1. The molecule has 92 valence electrons. The van der Waals surface area contributed by atoms with E-state index in [9.17, 15) is 4.79 Å². The van der Waals surface area contributed by atoms with E-state index in [4.69, 9.17) is 4.74 Å². The van der Waals surface area contributed by atoms with E-state index in [1.807, 2.05) is 19.1 Å². The molecule has 1 aliphatic heterocycles. The summed E-state index contributed by atoms with van der Waals surface area (Å²) in [6.07, 6.45) is 3.06. The number of rotatable bonds is 3. The Morgan fingerprint density at radius 3 is 3.00 bits per heavy atom. The number of amides is 1. The molecule has 5 nitrogen and oxygen atoms in total. The van der Waals surface area contributed by atoms with Crippen molar-refractivity contribution < 1.29 is 9.53 Å². The Labute approximate surface area is 101 Å². The molecule has 0 spiro atoms. The van der Waals surface area contributed by atoms with Crippen LogP contribution in [0, 0.1) is 0 Å². The molecule has 0 radical (unpaired) electrons. The Morgan fingerprint density at radius 2 is 2.35 bits per heavy atom. The largest absolute Gasteiger partial charge is 0.366 e. The molecule has 1 amide bonds. The Bertz CT molecular complexity index is 363. The van der Waals surface area contributed by atoms with E-state index < -0.39 is 0 Å². The zero-order valence-electron chi connectivity index (χ0n) is 9.85. The number of nitrogens with one attached hydrogen (secondary N) is 2. The lowest BCUT2D eigenvalue weighted by molar-refractivity contribution is -0.134. The molecule has 1 fully saturated rings. The zero-order valence-corrected chi connectivity index (χ0v) is 9.85. The average molecular weight is 235 g/mol. The first-order chi connectivity index (χ1) is 8.27. The first-order valence-corrected chi connectivity index (χ1v) is 5.80. The fourth-order valence-electron chi connectivity index (χ4n) is 1.78. The van der Waals surface area contributed by atoms with Gasteiger partial charge in [-0.2, -0.15) is 0 Å². The minimum Gasteiger partial charge on any atom is -0.366 e. The highest BCUT2D eigenvalue weighted by atomic mass is 16.5. The van der Waals surface area contributed by atoms with Gasteiger partial charge in [0.1, 0.15) is 6.10 Å². The van der Waals surface area contributed by atoms with E-state index in [0.717, 1.165) is 12.1 Å². The number of ether oxygens (including phenoxy) is 1. The van der Waals surface area contributed by atoms with Crippen molar-refractivity contribution in [2.75, 3.05) is 19.7 Å². The van der Waals surface area contributed by atoms with Crippen molar-refractivity contribution in [2.45, 2.75) is 19.1 Å². The van der Waals surface area contributed by atoms with Crippen LogP contribution < -0.4 is 10.6 Å². The van der Waals surface area contributed by atoms with Gasteiger partial charge in [0.15, 0.2) is 0 Å². The number of pyridine rings is 1. The van der Waals surface area contributed by atoms with Crippen LogP contribution in [0.3, 0.4) is 0 Å². The molecule has 2 heterocycles. The number of morpholine rings is 1. The maximum atomic E-state index is 11.9.